The zero-order valence-electron chi connectivity index (χ0n) is 13.5. The third-order valence-corrected chi connectivity index (χ3v) is 5.29. The Morgan fingerprint density at radius 3 is 2.35 bits per heavy atom. The van der Waals surface area contributed by atoms with Crippen LogP contribution in [0.4, 0.5) is 11.4 Å². The summed E-state index contributed by atoms with van der Waals surface area (Å²) < 4.78 is 27.5. The van der Waals surface area contributed by atoms with E-state index in [-0.39, 0.29) is 4.90 Å². The largest absolute Gasteiger partial charge is 0.372 e. The molecule has 0 bridgehead atoms. The molecule has 0 aliphatic heterocycles. The summed E-state index contributed by atoms with van der Waals surface area (Å²) in [6.07, 6.45) is 0. The third kappa shape index (κ3) is 4.18. The average Bonchev–Trinajstić information content (AvgIpc) is 2.51. The second kappa shape index (κ2) is 7.23. The van der Waals surface area contributed by atoms with Crippen LogP contribution in [0.25, 0.3) is 0 Å². The smallest absolute Gasteiger partial charge is 0.261 e. The first-order valence-corrected chi connectivity index (χ1v) is 9.37. The average molecular weight is 353 g/mol. The van der Waals surface area contributed by atoms with Gasteiger partial charge in [0.05, 0.1) is 10.6 Å². The molecule has 0 aromatic heterocycles. The number of anilines is 2. The van der Waals surface area contributed by atoms with Gasteiger partial charge in [-0.3, -0.25) is 4.72 Å². The molecule has 0 saturated heterocycles. The number of aryl methyl sites for hydroxylation is 1. The van der Waals surface area contributed by atoms with Crippen molar-refractivity contribution in [2.45, 2.75) is 25.7 Å². The van der Waals surface area contributed by atoms with Gasteiger partial charge in [0.25, 0.3) is 10.0 Å². The molecule has 1 N–H and O–H groups in total. The summed E-state index contributed by atoms with van der Waals surface area (Å²) >= 11 is 5.87. The molecule has 4 nitrogen and oxygen atoms in total. The van der Waals surface area contributed by atoms with E-state index in [1.807, 2.05) is 19.1 Å². The second-order valence-electron chi connectivity index (χ2n) is 5.23. The zero-order valence-corrected chi connectivity index (χ0v) is 15.1. The Balaban J connectivity index is 2.30. The number of benzene rings is 2. The predicted octanol–water partition coefficient (Wildman–Crippen LogP) is 4.30. The van der Waals surface area contributed by atoms with Crippen LogP contribution < -0.4 is 9.62 Å². The quantitative estimate of drug-likeness (QED) is 0.843. The molecule has 124 valence electrons. The highest BCUT2D eigenvalue weighted by atomic mass is 35.5. The summed E-state index contributed by atoms with van der Waals surface area (Å²) in [4.78, 5) is 2.36. The molecule has 0 radical (unpaired) electrons. The number of nitrogens with one attached hydrogen (secondary N) is 1. The van der Waals surface area contributed by atoms with E-state index < -0.39 is 10.0 Å². The lowest BCUT2D eigenvalue weighted by molar-refractivity contribution is 0.601. The summed E-state index contributed by atoms with van der Waals surface area (Å²) in [5, 5.41) is 0.390. The third-order valence-electron chi connectivity index (χ3n) is 3.69. The molecule has 0 unspecified atom stereocenters. The molecule has 2 aromatic carbocycles. The molecule has 2 aromatic rings. The highest BCUT2D eigenvalue weighted by Gasteiger charge is 2.16. The van der Waals surface area contributed by atoms with Crippen LogP contribution in [0.5, 0.6) is 0 Å². The number of sulfonamides is 1. The van der Waals surface area contributed by atoms with Crippen LogP contribution in [0.3, 0.4) is 0 Å². The normalized spacial score (nSPS) is 11.3. The maximum Gasteiger partial charge on any atom is 0.261 e. The highest BCUT2D eigenvalue weighted by molar-refractivity contribution is 7.92. The molecule has 23 heavy (non-hydrogen) atoms. The molecular weight excluding hydrogens is 332 g/mol. The van der Waals surface area contributed by atoms with E-state index in [0.29, 0.717) is 10.7 Å². The van der Waals surface area contributed by atoms with Crippen molar-refractivity contribution in [2.24, 2.45) is 0 Å². The van der Waals surface area contributed by atoms with E-state index >= 15 is 0 Å². The van der Waals surface area contributed by atoms with Crippen LogP contribution >= 0.6 is 11.6 Å². The van der Waals surface area contributed by atoms with Gasteiger partial charge in [0, 0.05) is 23.8 Å². The van der Waals surface area contributed by atoms with Gasteiger partial charge in [-0.15, -0.1) is 0 Å². The van der Waals surface area contributed by atoms with Crippen molar-refractivity contribution in [1.29, 1.82) is 0 Å². The molecule has 0 amide bonds. The van der Waals surface area contributed by atoms with Crippen molar-refractivity contribution in [2.75, 3.05) is 22.7 Å². The lowest BCUT2D eigenvalue weighted by Gasteiger charge is -2.22. The minimum absolute atomic E-state index is 0.150. The van der Waals surface area contributed by atoms with Crippen LogP contribution in [0.1, 0.15) is 19.4 Å². The van der Waals surface area contributed by atoms with Gasteiger partial charge in [-0.25, -0.2) is 8.42 Å². The first-order valence-electron chi connectivity index (χ1n) is 7.51. The second-order valence-corrected chi connectivity index (χ2v) is 7.35. The predicted molar refractivity (Wildman–Crippen MR) is 97.0 cm³/mol. The Morgan fingerprint density at radius 1 is 1.09 bits per heavy atom. The lowest BCUT2D eigenvalue weighted by atomic mass is 10.1. The summed E-state index contributed by atoms with van der Waals surface area (Å²) in [6, 6.07) is 11.9. The van der Waals surface area contributed by atoms with E-state index in [4.69, 9.17) is 11.6 Å². The van der Waals surface area contributed by atoms with Crippen LogP contribution in [0.2, 0.25) is 5.02 Å². The first kappa shape index (κ1) is 17.6. The van der Waals surface area contributed by atoms with E-state index in [1.165, 1.54) is 12.1 Å². The van der Waals surface area contributed by atoms with Gasteiger partial charge in [0.1, 0.15) is 0 Å². The van der Waals surface area contributed by atoms with Gasteiger partial charge in [-0.05, 0) is 62.7 Å². The van der Waals surface area contributed by atoms with Gasteiger partial charge in [0.15, 0.2) is 0 Å². The van der Waals surface area contributed by atoms with Crippen molar-refractivity contribution < 1.29 is 8.42 Å². The topological polar surface area (TPSA) is 49.4 Å². The fourth-order valence-electron chi connectivity index (χ4n) is 2.39. The zero-order chi connectivity index (χ0) is 17.0. The van der Waals surface area contributed by atoms with E-state index in [2.05, 4.69) is 23.5 Å². The van der Waals surface area contributed by atoms with Crippen molar-refractivity contribution in [3.63, 3.8) is 0 Å². The molecule has 0 fully saturated rings. The Labute approximate surface area is 143 Å². The fraction of sp³-hybridized carbons (Fsp3) is 0.294. The summed E-state index contributed by atoms with van der Waals surface area (Å²) in [7, 11) is -3.65. The monoisotopic (exact) mass is 352 g/mol. The van der Waals surface area contributed by atoms with Gasteiger partial charge >= 0.3 is 0 Å². The molecule has 0 aliphatic carbocycles. The minimum Gasteiger partial charge on any atom is -0.372 e. The van der Waals surface area contributed by atoms with Gasteiger partial charge in [-0.1, -0.05) is 17.7 Å². The number of hydrogen-bond acceptors (Lipinski definition) is 3. The SMILES string of the molecule is CCN(CC)c1ccc(NS(=O)(=O)c2cccc(Cl)c2)c(C)c1. The summed E-state index contributed by atoms with van der Waals surface area (Å²) in [6.45, 7) is 7.89. The summed E-state index contributed by atoms with van der Waals surface area (Å²) in [5.41, 5.74) is 2.53. The van der Waals surface area contributed by atoms with Crippen molar-refractivity contribution in [3.05, 3.63) is 53.1 Å². The Bertz CT molecular complexity index is 787. The Kier molecular flexibility index (Phi) is 5.55. The van der Waals surface area contributed by atoms with Gasteiger partial charge in [0.2, 0.25) is 0 Å². The van der Waals surface area contributed by atoms with Crippen molar-refractivity contribution in [3.8, 4) is 0 Å². The van der Waals surface area contributed by atoms with Crippen LogP contribution in [-0.2, 0) is 10.0 Å². The number of halogens is 1. The van der Waals surface area contributed by atoms with E-state index in [0.717, 1.165) is 24.3 Å². The standard InChI is InChI=1S/C17H21ClN2O2S/c1-4-20(5-2)15-9-10-17(13(3)11-15)19-23(21,22)16-8-6-7-14(18)12-16/h6-12,19H,4-5H2,1-3H3. The Morgan fingerprint density at radius 2 is 1.78 bits per heavy atom. The van der Waals surface area contributed by atoms with Gasteiger partial charge in [-0.2, -0.15) is 0 Å². The molecule has 0 spiro atoms. The maximum absolute atomic E-state index is 12.5. The van der Waals surface area contributed by atoms with Crippen LogP contribution in [-0.4, -0.2) is 21.5 Å². The molecule has 0 heterocycles. The molecule has 0 saturated carbocycles. The highest BCUT2D eigenvalue weighted by Crippen LogP contribution is 2.25. The summed E-state index contributed by atoms with van der Waals surface area (Å²) in [5.74, 6) is 0. The fourth-order valence-corrected chi connectivity index (χ4v) is 3.82. The molecule has 6 heteroatoms. The first-order chi connectivity index (χ1) is 10.9. The minimum atomic E-state index is -3.65. The lowest BCUT2D eigenvalue weighted by Crippen LogP contribution is -2.22. The van der Waals surface area contributed by atoms with Crippen molar-refractivity contribution >= 4 is 33.0 Å². The number of nitrogens with zero attached hydrogens (tertiary/aromatic N) is 1. The molecular formula is C17H21ClN2O2S. The number of hydrogen-bond donors (Lipinski definition) is 1. The number of rotatable bonds is 6. The van der Waals surface area contributed by atoms with E-state index in [9.17, 15) is 8.42 Å². The van der Waals surface area contributed by atoms with Crippen LogP contribution in [0, 0.1) is 6.92 Å². The van der Waals surface area contributed by atoms with Crippen molar-refractivity contribution in [1.82, 2.24) is 0 Å². The van der Waals surface area contributed by atoms with Crippen LogP contribution in [0.15, 0.2) is 47.4 Å². The van der Waals surface area contributed by atoms with E-state index in [1.54, 1.807) is 18.2 Å². The molecule has 0 atom stereocenters. The van der Waals surface area contributed by atoms with Gasteiger partial charge < -0.3 is 4.90 Å². The maximum atomic E-state index is 12.5. The molecule has 0 aliphatic rings. The molecule has 2 rings (SSSR count). The Hall–Kier alpha value is -1.72.